The van der Waals surface area contributed by atoms with Crippen LogP contribution in [0.15, 0.2) is 36.9 Å². The summed E-state index contributed by atoms with van der Waals surface area (Å²) in [5.74, 6) is 1.51. The summed E-state index contributed by atoms with van der Waals surface area (Å²) in [5.41, 5.74) is 6.12. The standard InChI is InChI=1S/C26H34N10/c1-3-35-12-8-19(9-13-35)31-18-4-6-20(7-5-18)34(2)26-32-24-23(29-17-30-24)25(33-26)36-14-10-21-22(11-15-36)28-16-27-21/h4-7,16-17,19,31H,3,8-15H2,1-2H3,(H,27,28)(H,29,30,32,33). The summed E-state index contributed by atoms with van der Waals surface area (Å²) in [6.45, 7) is 7.42. The van der Waals surface area contributed by atoms with Crippen molar-refractivity contribution in [2.75, 3.05) is 54.9 Å². The third-order valence-electron chi connectivity index (χ3n) is 7.57. The molecule has 36 heavy (non-hydrogen) atoms. The van der Waals surface area contributed by atoms with Crippen LogP contribution in [0.25, 0.3) is 11.2 Å². The monoisotopic (exact) mass is 486 g/mol. The van der Waals surface area contributed by atoms with Gasteiger partial charge in [-0.25, -0.2) is 9.97 Å². The minimum atomic E-state index is 0.537. The topological polar surface area (TPSA) is 105 Å². The Labute approximate surface area is 211 Å². The Hall–Kier alpha value is -3.66. The van der Waals surface area contributed by atoms with E-state index in [1.165, 1.54) is 31.6 Å². The predicted molar refractivity (Wildman–Crippen MR) is 143 cm³/mol. The van der Waals surface area contributed by atoms with Crippen LogP contribution in [0, 0.1) is 0 Å². The third kappa shape index (κ3) is 4.48. The first-order valence-corrected chi connectivity index (χ1v) is 13.0. The number of benzene rings is 1. The van der Waals surface area contributed by atoms with Crippen LogP contribution >= 0.6 is 0 Å². The molecule has 2 aliphatic heterocycles. The normalized spacial score (nSPS) is 17.2. The van der Waals surface area contributed by atoms with Crippen molar-refractivity contribution in [2.24, 2.45) is 0 Å². The molecular weight excluding hydrogens is 452 g/mol. The molecule has 1 fully saturated rings. The van der Waals surface area contributed by atoms with E-state index in [2.05, 4.69) is 66.2 Å². The van der Waals surface area contributed by atoms with Gasteiger partial charge in [0.25, 0.3) is 0 Å². The fraction of sp³-hybridized carbons (Fsp3) is 0.462. The number of nitrogens with zero attached hydrogens (tertiary/aromatic N) is 7. The Morgan fingerprint density at radius 3 is 2.56 bits per heavy atom. The molecule has 1 saturated heterocycles. The van der Waals surface area contributed by atoms with Gasteiger partial charge in [0.2, 0.25) is 5.95 Å². The van der Waals surface area contributed by atoms with Crippen LogP contribution in [0.2, 0.25) is 0 Å². The average molecular weight is 487 g/mol. The van der Waals surface area contributed by atoms with Crippen LogP contribution in [-0.4, -0.2) is 80.6 Å². The van der Waals surface area contributed by atoms with E-state index in [1.807, 2.05) is 11.9 Å². The molecule has 10 nitrogen and oxygen atoms in total. The summed E-state index contributed by atoms with van der Waals surface area (Å²) in [4.78, 5) is 32.1. The molecule has 0 spiro atoms. The van der Waals surface area contributed by atoms with Crippen molar-refractivity contribution in [1.29, 1.82) is 0 Å². The molecule has 5 heterocycles. The van der Waals surface area contributed by atoms with Crippen LogP contribution < -0.4 is 15.1 Å². The van der Waals surface area contributed by atoms with Gasteiger partial charge in [0.05, 0.1) is 18.3 Å². The van der Waals surface area contributed by atoms with Gasteiger partial charge in [-0.05, 0) is 43.7 Å². The first-order chi connectivity index (χ1) is 17.7. The number of anilines is 4. The molecule has 0 saturated carbocycles. The van der Waals surface area contributed by atoms with E-state index in [0.29, 0.717) is 12.0 Å². The fourth-order valence-corrected chi connectivity index (χ4v) is 5.30. The second-order valence-corrected chi connectivity index (χ2v) is 9.72. The van der Waals surface area contributed by atoms with Gasteiger partial charge >= 0.3 is 0 Å². The molecule has 3 aromatic heterocycles. The molecule has 2 aliphatic rings. The molecule has 0 unspecified atom stereocenters. The van der Waals surface area contributed by atoms with E-state index in [0.717, 1.165) is 66.5 Å². The van der Waals surface area contributed by atoms with Crippen molar-refractivity contribution < 1.29 is 0 Å². The van der Waals surface area contributed by atoms with Crippen LogP contribution in [0.4, 0.5) is 23.1 Å². The molecule has 1 aromatic carbocycles. The lowest BCUT2D eigenvalue weighted by molar-refractivity contribution is 0.229. The van der Waals surface area contributed by atoms with Gasteiger partial charge in [-0.2, -0.15) is 9.97 Å². The first-order valence-electron chi connectivity index (χ1n) is 13.0. The van der Waals surface area contributed by atoms with Crippen molar-refractivity contribution >= 4 is 34.3 Å². The van der Waals surface area contributed by atoms with E-state index in [-0.39, 0.29) is 0 Å². The quantitative estimate of drug-likeness (QED) is 0.381. The molecule has 10 heteroatoms. The van der Waals surface area contributed by atoms with Gasteiger partial charge < -0.3 is 30.0 Å². The van der Waals surface area contributed by atoms with E-state index < -0.39 is 0 Å². The zero-order valence-electron chi connectivity index (χ0n) is 21.0. The average Bonchev–Trinajstić information content (AvgIpc) is 3.54. The van der Waals surface area contributed by atoms with E-state index in [4.69, 9.17) is 9.97 Å². The first kappa shape index (κ1) is 22.8. The second-order valence-electron chi connectivity index (χ2n) is 9.72. The van der Waals surface area contributed by atoms with Crippen molar-refractivity contribution in [3.8, 4) is 0 Å². The number of fused-ring (bicyclic) bond motifs is 2. The SMILES string of the molecule is CCN1CCC(Nc2ccc(N(C)c3nc(N4CCc5nc[nH]c5CC4)c4nc[nH]c4n3)cc2)CC1. The van der Waals surface area contributed by atoms with Gasteiger partial charge in [-0.3, -0.25) is 0 Å². The zero-order valence-corrected chi connectivity index (χ0v) is 21.0. The minimum Gasteiger partial charge on any atom is -0.382 e. The second kappa shape index (κ2) is 9.77. The van der Waals surface area contributed by atoms with Gasteiger partial charge in [0.1, 0.15) is 0 Å². The summed E-state index contributed by atoms with van der Waals surface area (Å²) in [5, 5.41) is 3.71. The summed E-state index contributed by atoms with van der Waals surface area (Å²) in [6.07, 6.45) is 7.65. The summed E-state index contributed by atoms with van der Waals surface area (Å²) < 4.78 is 0. The van der Waals surface area contributed by atoms with Gasteiger partial charge in [-0.1, -0.05) is 6.92 Å². The van der Waals surface area contributed by atoms with Crippen LogP contribution in [0.3, 0.4) is 0 Å². The highest BCUT2D eigenvalue weighted by Gasteiger charge is 2.23. The number of hydrogen-bond donors (Lipinski definition) is 3. The highest BCUT2D eigenvalue weighted by Crippen LogP contribution is 2.29. The molecule has 0 atom stereocenters. The molecular formula is C26H34N10. The van der Waals surface area contributed by atoms with Crippen molar-refractivity contribution in [3.05, 3.63) is 48.3 Å². The molecule has 4 aromatic rings. The maximum atomic E-state index is 5.00. The number of H-pyrrole nitrogens is 2. The molecule has 188 valence electrons. The fourth-order valence-electron chi connectivity index (χ4n) is 5.30. The Morgan fingerprint density at radius 1 is 0.972 bits per heavy atom. The Morgan fingerprint density at radius 2 is 1.75 bits per heavy atom. The molecule has 0 bridgehead atoms. The number of imidazole rings is 2. The minimum absolute atomic E-state index is 0.537. The lowest BCUT2D eigenvalue weighted by atomic mass is 10.0. The van der Waals surface area contributed by atoms with Crippen molar-refractivity contribution in [3.63, 3.8) is 0 Å². The summed E-state index contributed by atoms with van der Waals surface area (Å²) in [7, 11) is 2.02. The van der Waals surface area contributed by atoms with Crippen molar-refractivity contribution in [1.82, 2.24) is 34.8 Å². The number of aromatic amines is 2. The van der Waals surface area contributed by atoms with Crippen LogP contribution in [-0.2, 0) is 12.8 Å². The summed E-state index contributed by atoms with van der Waals surface area (Å²) >= 11 is 0. The zero-order chi connectivity index (χ0) is 24.5. The van der Waals surface area contributed by atoms with E-state index >= 15 is 0 Å². The Kier molecular flexibility index (Phi) is 6.18. The van der Waals surface area contributed by atoms with E-state index in [1.54, 1.807) is 12.7 Å². The number of nitrogens with one attached hydrogen (secondary N) is 3. The van der Waals surface area contributed by atoms with Crippen molar-refractivity contribution in [2.45, 2.75) is 38.6 Å². The van der Waals surface area contributed by atoms with E-state index in [9.17, 15) is 0 Å². The molecule has 0 radical (unpaired) electrons. The summed E-state index contributed by atoms with van der Waals surface area (Å²) in [6, 6.07) is 9.11. The Balaban J connectivity index is 1.20. The molecule has 0 aliphatic carbocycles. The number of rotatable bonds is 6. The lowest BCUT2D eigenvalue weighted by Crippen LogP contribution is -2.38. The highest BCUT2D eigenvalue weighted by molar-refractivity contribution is 5.85. The number of hydrogen-bond acceptors (Lipinski definition) is 8. The molecule has 6 rings (SSSR count). The van der Waals surface area contributed by atoms with Crippen LogP contribution in [0.5, 0.6) is 0 Å². The number of aromatic nitrogens is 6. The molecule has 3 N–H and O–H groups in total. The van der Waals surface area contributed by atoms with Gasteiger partial charge in [0, 0.05) is 69.2 Å². The van der Waals surface area contributed by atoms with Gasteiger partial charge in [0.15, 0.2) is 17.0 Å². The Bertz CT molecular complexity index is 1280. The maximum absolute atomic E-state index is 5.00. The smallest absolute Gasteiger partial charge is 0.233 e. The molecule has 0 amide bonds. The third-order valence-corrected chi connectivity index (χ3v) is 7.57. The van der Waals surface area contributed by atoms with Crippen LogP contribution in [0.1, 0.15) is 31.2 Å². The highest BCUT2D eigenvalue weighted by atomic mass is 15.3. The van der Waals surface area contributed by atoms with Gasteiger partial charge in [-0.15, -0.1) is 0 Å². The number of likely N-dealkylation sites (tertiary alicyclic amines) is 1. The lowest BCUT2D eigenvalue weighted by Gasteiger charge is -2.32. The largest absolute Gasteiger partial charge is 0.382 e. The maximum Gasteiger partial charge on any atom is 0.233 e. The predicted octanol–water partition coefficient (Wildman–Crippen LogP) is 3.35. The number of piperidine rings is 1.